The van der Waals surface area contributed by atoms with E-state index in [1.807, 2.05) is 30.5 Å². The number of aliphatic hydroxyl groups excluding tert-OH is 1. The molecule has 0 spiro atoms. The maximum absolute atomic E-state index is 12.5. The first-order valence-electron chi connectivity index (χ1n) is 7.42. The Hall–Kier alpha value is -1.85. The number of para-hydroxylation sites is 1. The number of hydrogen-bond donors (Lipinski definition) is 3. The van der Waals surface area contributed by atoms with Gasteiger partial charge in [0.15, 0.2) is 0 Å². The smallest absolute Gasteiger partial charge is 0.240 e. The number of nitrogens with two attached hydrogens (primary N) is 1. The highest BCUT2D eigenvalue weighted by Gasteiger charge is 2.31. The standard InChI is InChI=1S/C16H21N3O2/c17-14(16(21)19-7-3-4-12(19)10-20)8-11-9-18-15-6-2-1-5-13(11)15/h1-2,5-6,9,12,14,18,20H,3-4,7-8,10,17H2/t12-,14?/m0/s1. The number of aromatic nitrogens is 1. The highest BCUT2D eigenvalue weighted by Crippen LogP contribution is 2.21. The van der Waals surface area contributed by atoms with E-state index in [1.54, 1.807) is 4.90 Å². The monoisotopic (exact) mass is 287 g/mol. The molecule has 1 fully saturated rings. The number of hydrogen-bond acceptors (Lipinski definition) is 3. The summed E-state index contributed by atoms with van der Waals surface area (Å²) in [6.45, 7) is 0.719. The number of nitrogens with one attached hydrogen (secondary N) is 1. The number of amides is 1. The van der Waals surface area contributed by atoms with Crippen LogP contribution in [0.2, 0.25) is 0 Å². The number of nitrogens with zero attached hydrogens (tertiary/aromatic N) is 1. The van der Waals surface area contributed by atoms with Crippen molar-refractivity contribution in [3.8, 4) is 0 Å². The molecule has 5 nitrogen and oxygen atoms in total. The van der Waals surface area contributed by atoms with Gasteiger partial charge in [0, 0.05) is 23.6 Å². The molecule has 21 heavy (non-hydrogen) atoms. The molecule has 1 aliphatic rings. The Balaban J connectivity index is 1.74. The zero-order valence-corrected chi connectivity index (χ0v) is 12.0. The van der Waals surface area contributed by atoms with Crippen molar-refractivity contribution in [1.29, 1.82) is 0 Å². The SMILES string of the molecule is NC(Cc1c[nH]c2ccccc12)C(=O)N1CCC[C@H]1CO. The number of aliphatic hydroxyl groups is 1. The minimum absolute atomic E-state index is 0.0194. The van der Waals surface area contributed by atoms with Gasteiger partial charge in [0.1, 0.15) is 0 Å². The third-order valence-corrected chi connectivity index (χ3v) is 4.30. The van der Waals surface area contributed by atoms with Crippen molar-refractivity contribution in [3.05, 3.63) is 36.0 Å². The van der Waals surface area contributed by atoms with Gasteiger partial charge in [0.05, 0.1) is 18.7 Å². The number of likely N-dealkylation sites (tertiary alicyclic amines) is 1. The molecule has 0 aliphatic carbocycles. The number of aromatic amines is 1. The summed E-state index contributed by atoms with van der Waals surface area (Å²) in [5.41, 5.74) is 8.23. The summed E-state index contributed by atoms with van der Waals surface area (Å²) < 4.78 is 0. The lowest BCUT2D eigenvalue weighted by Crippen LogP contribution is -2.47. The first-order chi connectivity index (χ1) is 10.2. The van der Waals surface area contributed by atoms with Crippen molar-refractivity contribution in [1.82, 2.24) is 9.88 Å². The van der Waals surface area contributed by atoms with Crippen LogP contribution >= 0.6 is 0 Å². The lowest BCUT2D eigenvalue weighted by molar-refractivity contribution is -0.134. The van der Waals surface area contributed by atoms with Crippen LogP contribution in [-0.4, -0.2) is 46.1 Å². The Kier molecular flexibility index (Phi) is 3.94. The second kappa shape index (κ2) is 5.87. The molecule has 1 unspecified atom stereocenters. The van der Waals surface area contributed by atoms with Crippen LogP contribution in [0.25, 0.3) is 10.9 Å². The van der Waals surface area contributed by atoms with Crippen molar-refractivity contribution in [2.45, 2.75) is 31.3 Å². The van der Waals surface area contributed by atoms with E-state index >= 15 is 0 Å². The zero-order valence-electron chi connectivity index (χ0n) is 12.0. The summed E-state index contributed by atoms with van der Waals surface area (Å²) in [6, 6.07) is 7.38. The molecule has 2 atom stereocenters. The normalized spacial score (nSPS) is 20.1. The van der Waals surface area contributed by atoms with Crippen molar-refractivity contribution >= 4 is 16.8 Å². The number of benzene rings is 1. The van der Waals surface area contributed by atoms with Crippen LogP contribution in [0.4, 0.5) is 0 Å². The Labute approximate surface area is 123 Å². The second-order valence-electron chi connectivity index (χ2n) is 5.68. The molecule has 0 saturated carbocycles. The van der Waals surface area contributed by atoms with Crippen LogP contribution in [0.5, 0.6) is 0 Å². The van der Waals surface area contributed by atoms with E-state index in [-0.39, 0.29) is 18.6 Å². The fourth-order valence-corrected chi connectivity index (χ4v) is 3.15. The lowest BCUT2D eigenvalue weighted by Gasteiger charge is -2.26. The fraction of sp³-hybridized carbons (Fsp3) is 0.438. The summed E-state index contributed by atoms with van der Waals surface area (Å²) in [6.07, 6.45) is 4.24. The summed E-state index contributed by atoms with van der Waals surface area (Å²) in [5.74, 6) is -0.0585. The van der Waals surface area contributed by atoms with Crippen molar-refractivity contribution in [3.63, 3.8) is 0 Å². The van der Waals surface area contributed by atoms with Gasteiger partial charge in [-0.3, -0.25) is 4.79 Å². The number of H-pyrrole nitrogens is 1. The molecule has 1 aromatic carbocycles. The van der Waals surface area contributed by atoms with Crippen LogP contribution < -0.4 is 5.73 Å². The molecule has 2 aromatic rings. The largest absolute Gasteiger partial charge is 0.394 e. The fourth-order valence-electron chi connectivity index (χ4n) is 3.15. The molecule has 1 aliphatic heterocycles. The molecule has 2 heterocycles. The Morgan fingerprint density at radius 3 is 3.10 bits per heavy atom. The molecule has 5 heteroatoms. The molecule has 0 bridgehead atoms. The summed E-state index contributed by atoms with van der Waals surface area (Å²) >= 11 is 0. The minimum atomic E-state index is -0.559. The minimum Gasteiger partial charge on any atom is -0.394 e. The molecule has 112 valence electrons. The molecule has 1 aromatic heterocycles. The van der Waals surface area contributed by atoms with Gasteiger partial charge in [-0.25, -0.2) is 0 Å². The molecule has 3 rings (SSSR count). The van der Waals surface area contributed by atoms with Gasteiger partial charge in [-0.1, -0.05) is 18.2 Å². The van der Waals surface area contributed by atoms with E-state index in [4.69, 9.17) is 5.73 Å². The van der Waals surface area contributed by atoms with Crippen LogP contribution in [0.3, 0.4) is 0 Å². The van der Waals surface area contributed by atoms with E-state index in [9.17, 15) is 9.90 Å². The maximum atomic E-state index is 12.5. The molecule has 0 radical (unpaired) electrons. The third-order valence-electron chi connectivity index (χ3n) is 4.30. The quantitative estimate of drug-likeness (QED) is 0.785. The van der Waals surface area contributed by atoms with E-state index in [0.29, 0.717) is 13.0 Å². The zero-order chi connectivity index (χ0) is 14.8. The molecular weight excluding hydrogens is 266 g/mol. The first kappa shape index (κ1) is 14.1. The lowest BCUT2D eigenvalue weighted by atomic mass is 10.0. The maximum Gasteiger partial charge on any atom is 0.240 e. The van der Waals surface area contributed by atoms with Crippen LogP contribution in [0.1, 0.15) is 18.4 Å². The number of fused-ring (bicyclic) bond motifs is 1. The van der Waals surface area contributed by atoms with Gasteiger partial charge in [-0.05, 0) is 30.9 Å². The average molecular weight is 287 g/mol. The Morgan fingerprint density at radius 1 is 1.48 bits per heavy atom. The molecule has 1 saturated heterocycles. The summed E-state index contributed by atoms with van der Waals surface area (Å²) in [5, 5.41) is 10.4. The van der Waals surface area contributed by atoms with E-state index < -0.39 is 6.04 Å². The summed E-state index contributed by atoms with van der Waals surface area (Å²) in [4.78, 5) is 17.4. The van der Waals surface area contributed by atoms with Crippen molar-refractivity contribution < 1.29 is 9.90 Å². The Bertz CT molecular complexity index is 637. The van der Waals surface area contributed by atoms with Gasteiger partial charge < -0.3 is 20.7 Å². The molecular formula is C16H21N3O2. The Morgan fingerprint density at radius 2 is 2.29 bits per heavy atom. The predicted molar refractivity (Wildman–Crippen MR) is 81.8 cm³/mol. The van der Waals surface area contributed by atoms with Crippen molar-refractivity contribution in [2.24, 2.45) is 5.73 Å². The first-order valence-corrected chi connectivity index (χ1v) is 7.42. The second-order valence-corrected chi connectivity index (χ2v) is 5.68. The third kappa shape index (κ3) is 2.66. The van der Waals surface area contributed by atoms with Crippen LogP contribution in [-0.2, 0) is 11.2 Å². The number of carbonyl (C=O) groups is 1. The summed E-state index contributed by atoms with van der Waals surface area (Å²) in [7, 11) is 0. The van der Waals surface area contributed by atoms with Crippen LogP contribution in [0, 0.1) is 0 Å². The van der Waals surface area contributed by atoms with Crippen molar-refractivity contribution in [2.75, 3.05) is 13.2 Å². The van der Waals surface area contributed by atoms with Gasteiger partial charge in [-0.2, -0.15) is 0 Å². The number of carbonyl (C=O) groups excluding carboxylic acids is 1. The molecule has 4 N–H and O–H groups in total. The predicted octanol–water partition coefficient (Wildman–Crippen LogP) is 1.02. The highest BCUT2D eigenvalue weighted by atomic mass is 16.3. The topological polar surface area (TPSA) is 82.4 Å². The number of rotatable bonds is 4. The van der Waals surface area contributed by atoms with Crippen LogP contribution in [0.15, 0.2) is 30.5 Å². The van der Waals surface area contributed by atoms with E-state index in [1.165, 1.54) is 0 Å². The van der Waals surface area contributed by atoms with Gasteiger partial charge >= 0.3 is 0 Å². The van der Waals surface area contributed by atoms with Gasteiger partial charge in [0.2, 0.25) is 5.91 Å². The van der Waals surface area contributed by atoms with E-state index in [0.717, 1.165) is 29.3 Å². The van der Waals surface area contributed by atoms with E-state index in [2.05, 4.69) is 4.98 Å². The van der Waals surface area contributed by atoms with Gasteiger partial charge in [-0.15, -0.1) is 0 Å². The highest BCUT2D eigenvalue weighted by molar-refractivity contribution is 5.86. The average Bonchev–Trinajstić information content (AvgIpc) is 3.13. The molecule has 1 amide bonds. The van der Waals surface area contributed by atoms with Gasteiger partial charge in [0.25, 0.3) is 0 Å².